The Labute approximate surface area is 98.4 Å². The Kier molecular flexibility index (Phi) is 2.77. The number of carbonyl (C=O) groups excluding carboxylic acids is 1. The molecule has 1 aliphatic heterocycles. The van der Waals surface area contributed by atoms with Crippen LogP contribution >= 0.6 is 0 Å². The highest BCUT2D eigenvalue weighted by Crippen LogP contribution is 2.40. The molecule has 1 aliphatic carbocycles. The van der Waals surface area contributed by atoms with Gasteiger partial charge in [0.2, 0.25) is 5.91 Å². The molecule has 0 spiro atoms. The number of rotatable bonds is 2. The maximum absolute atomic E-state index is 12.3. The van der Waals surface area contributed by atoms with E-state index in [1.807, 2.05) is 11.8 Å². The standard InChI is InChI=1S/C13H24N2O/c1-12(2)6-8-15(9-7-12)11(16)13(3,14)10-4-5-10/h10H,4-9,14H2,1-3H3. The molecule has 0 bridgehead atoms. The predicted molar refractivity (Wildman–Crippen MR) is 64.9 cm³/mol. The highest BCUT2D eigenvalue weighted by atomic mass is 16.2. The summed E-state index contributed by atoms with van der Waals surface area (Å²) in [5.41, 5.74) is 5.95. The van der Waals surface area contributed by atoms with Crippen LogP contribution in [0.25, 0.3) is 0 Å². The summed E-state index contributed by atoms with van der Waals surface area (Å²) < 4.78 is 0. The van der Waals surface area contributed by atoms with Crippen LogP contribution in [0.5, 0.6) is 0 Å². The monoisotopic (exact) mass is 224 g/mol. The van der Waals surface area contributed by atoms with Crippen LogP contribution in [0.4, 0.5) is 0 Å². The molecule has 3 nitrogen and oxygen atoms in total. The number of carbonyl (C=O) groups is 1. The first-order valence-corrected chi connectivity index (χ1v) is 6.41. The molecule has 1 saturated heterocycles. The van der Waals surface area contributed by atoms with Crippen LogP contribution < -0.4 is 5.73 Å². The van der Waals surface area contributed by atoms with Gasteiger partial charge in [0.25, 0.3) is 0 Å². The number of likely N-dealkylation sites (tertiary alicyclic amines) is 1. The largest absolute Gasteiger partial charge is 0.341 e. The lowest BCUT2D eigenvalue weighted by Crippen LogP contribution is -2.56. The first-order chi connectivity index (χ1) is 7.33. The van der Waals surface area contributed by atoms with Crippen molar-refractivity contribution >= 4 is 5.91 Å². The molecule has 3 heteroatoms. The SMILES string of the molecule is CC1(C)CCN(C(=O)C(C)(N)C2CC2)CC1. The molecular formula is C13H24N2O. The van der Waals surface area contributed by atoms with Crippen LogP contribution in [0.3, 0.4) is 0 Å². The van der Waals surface area contributed by atoms with Crippen molar-refractivity contribution in [2.75, 3.05) is 13.1 Å². The quantitative estimate of drug-likeness (QED) is 0.777. The van der Waals surface area contributed by atoms with Crippen LogP contribution in [0, 0.1) is 11.3 Å². The van der Waals surface area contributed by atoms with Gasteiger partial charge in [0.15, 0.2) is 0 Å². The molecule has 2 rings (SSSR count). The van der Waals surface area contributed by atoms with E-state index in [9.17, 15) is 4.79 Å². The molecule has 0 radical (unpaired) electrons. The summed E-state index contributed by atoms with van der Waals surface area (Å²) in [5.74, 6) is 0.598. The zero-order chi connectivity index (χ0) is 12.0. The summed E-state index contributed by atoms with van der Waals surface area (Å²) in [6.07, 6.45) is 4.44. The van der Waals surface area contributed by atoms with Crippen molar-refractivity contribution in [3.05, 3.63) is 0 Å². The third-order valence-corrected chi connectivity index (χ3v) is 4.29. The summed E-state index contributed by atoms with van der Waals surface area (Å²) in [5, 5.41) is 0. The zero-order valence-electron chi connectivity index (χ0n) is 10.8. The molecule has 1 atom stereocenters. The van der Waals surface area contributed by atoms with Gasteiger partial charge in [-0.3, -0.25) is 4.79 Å². The first kappa shape index (κ1) is 11.9. The van der Waals surface area contributed by atoms with Crippen LogP contribution in [0.1, 0.15) is 46.5 Å². The minimum atomic E-state index is -0.610. The lowest BCUT2D eigenvalue weighted by Gasteiger charge is -2.40. The Hall–Kier alpha value is -0.570. The third kappa shape index (κ3) is 2.24. The Morgan fingerprint density at radius 1 is 1.31 bits per heavy atom. The van der Waals surface area contributed by atoms with Crippen molar-refractivity contribution in [2.45, 2.75) is 52.0 Å². The highest BCUT2D eigenvalue weighted by Gasteiger charge is 2.46. The average molecular weight is 224 g/mol. The minimum Gasteiger partial charge on any atom is -0.341 e. The molecule has 92 valence electrons. The second kappa shape index (κ2) is 3.73. The van der Waals surface area contributed by atoms with Gasteiger partial charge in [-0.2, -0.15) is 0 Å². The molecule has 2 fully saturated rings. The van der Waals surface area contributed by atoms with Gasteiger partial charge >= 0.3 is 0 Å². The van der Waals surface area contributed by atoms with Gasteiger partial charge in [0.05, 0.1) is 5.54 Å². The second-order valence-corrected chi connectivity index (χ2v) is 6.51. The summed E-state index contributed by atoms with van der Waals surface area (Å²) in [7, 11) is 0. The fourth-order valence-corrected chi connectivity index (χ4v) is 2.51. The van der Waals surface area contributed by atoms with Gasteiger partial charge in [-0.1, -0.05) is 13.8 Å². The molecule has 0 aromatic carbocycles. The molecule has 2 aliphatic rings. The van der Waals surface area contributed by atoms with Crippen molar-refractivity contribution in [1.29, 1.82) is 0 Å². The smallest absolute Gasteiger partial charge is 0.242 e. The topological polar surface area (TPSA) is 46.3 Å². The highest BCUT2D eigenvalue weighted by molar-refractivity contribution is 5.86. The Balaban J connectivity index is 1.96. The maximum atomic E-state index is 12.3. The van der Waals surface area contributed by atoms with Crippen LogP contribution in [-0.2, 0) is 4.79 Å². The van der Waals surface area contributed by atoms with E-state index < -0.39 is 5.54 Å². The lowest BCUT2D eigenvalue weighted by molar-refractivity contribution is -0.139. The van der Waals surface area contributed by atoms with E-state index >= 15 is 0 Å². The number of amides is 1. The van der Waals surface area contributed by atoms with Crippen LogP contribution in [-0.4, -0.2) is 29.4 Å². The van der Waals surface area contributed by atoms with E-state index in [1.54, 1.807) is 0 Å². The van der Waals surface area contributed by atoms with E-state index in [4.69, 9.17) is 5.73 Å². The number of piperidine rings is 1. The van der Waals surface area contributed by atoms with E-state index in [-0.39, 0.29) is 5.91 Å². The van der Waals surface area contributed by atoms with Gasteiger partial charge in [0, 0.05) is 13.1 Å². The molecule has 2 N–H and O–H groups in total. The average Bonchev–Trinajstić information content (AvgIpc) is 3.00. The number of nitrogens with two attached hydrogens (primary N) is 1. The summed E-state index contributed by atoms with van der Waals surface area (Å²) in [4.78, 5) is 14.3. The Morgan fingerprint density at radius 3 is 2.25 bits per heavy atom. The molecule has 1 heterocycles. The van der Waals surface area contributed by atoms with Crippen molar-refractivity contribution < 1.29 is 4.79 Å². The summed E-state index contributed by atoms with van der Waals surface area (Å²) in [6, 6.07) is 0. The van der Waals surface area contributed by atoms with E-state index in [0.29, 0.717) is 11.3 Å². The van der Waals surface area contributed by atoms with Crippen molar-refractivity contribution in [1.82, 2.24) is 4.90 Å². The zero-order valence-corrected chi connectivity index (χ0v) is 10.8. The Bertz CT molecular complexity index is 282. The number of nitrogens with zero attached hydrogens (tertiary/aromatic N) is 1. The van der Waals surface area contributed by atoms with E-state index in [2.05, 4.69) is 13.8 Å². The van der Waals surface area contributed by atoms with Gasteiger partial charge in [-0.05, 0) is 43.9 Å². The first-order valence-electron chi connectivity index (χ1n) is 6.41. The van der Waals surface area contributed by atoms with E-state index in [1.165, 1.54) is 0 Å². The fourth-order valence-electron chi connectivity index (χ4n) is 2.51. The van der Waals surface area contributed by atoms with Gasteiger partial charge in [-0.25, -0.2) is 0 Å². The van der Waals surface area contributed by atoms with Crippen LogP contribution in [0.15, 0.2) is 0 Å². The summed E-state index contributed by atoms with van der Waals surface area (Å²) in [6.45, 7) is 8.22. The normalized spacial score (nSPS) is 28.6. The molecule has 16 heavy (non-hydrogen) atoms. The van der Waals surface area contributed by atoms with Crippen molar-refractivity contribution in [2.24, 2.45) is 17.1 Å². The minimum absolute atomic E-state index is 0.172. The van der Waals surface area contributed by atoms with Crippen LogP contribution in [0.2, 0.25) is 0 Å². The lowest BCUT2D eigenvalue weighted by atomic mass is 9.82. The summed E-state index contributed by atoms with van der Waals surface area (Å²) >= 11 is 0. The number of hydrogen-bond donors (Lipinski definition) is 1. The predicted octanol–water partition coefficient (Wildman–Crippen LogP) is 1.76. The molecule has 1 saturated carbocycles. The molecule has 0 aromatic heterocycles. The van der Waals surface area contributed by atoms with Crippen molar-refractivity contribution in [3.63, 3.8) is 0 Å². The maximum Gasteiger partial charge on any atom is 0.242 e. The Morgan fingerprint density at radius 2 is 1.81 bits per heavy atom. The van der Waals surface area contributed by atoms with Gasteiger partial charge in [-0.15, -0.1) is 0 Å². The molecule has 1 amide bonds. The molecule has 1 unspecified atom stereocenters. The second-order valence-electron chi connectivity index (χ2n) is 6.51. The van der Waals surface area contributed by atoms with E-state index in [0.717, 1.165) is 38.8 Å². The molecule has 0 aromatic rings. The third-order valence-electron chi connectivity index (χ3n) is 4.29. The molecular weight excluding hydrogens is 200 g/mol. The number of hydrogen-bond acceptors (Lipinski definition) is 2. The fraction of sp³-hybridized carbons (Fsp3) is 0.923. The van der Waals surface area contributed by atoms with Crippen molar-refractivity contribution in [3.8, 4) is 0 Å². The van der Waals surface area contributed by atoms with Gasteiger partial charge in [0.1, 0.15) is 0 Å². The van der Waals surface area contributed by atoms with Gasteiger partial charge < -0.3 is 10.6 Å².